The molecule has 1 aromatic heterocycles. The van der Waals surface area contributed by atoms with Crippen molar-refractivity contribution >= 4 is 17.8 Å². The molecule has 2 aliphatic rings. The van der Waals surface area contributed by atoms with E-state index in [9.17, 15) is 14.4 Å². The van der Waals surface area contributed by atoms with E-state index in [0.29, 0.717) is 13.1 Å². The number of furan rings is 1. The molecular weight excluding hydrogens is 288 g/mol. The third-order valence-corrected chi connectivity index (χ3v) is 3.91. The van der Waals surface area contributed by atoms with Crippen molar-refractivity contribution in [1.82, 2.24) is 20.0 Å². The van der Waals surface area contributed by atoms with Crippen molar-refractivity contribution in [1.29, 1.82) is 0 Å². The first-order chi connectivity index (χ1) is 10.6. The lowest BCUT2D eigenvalue weighted by molar-refractivity contribution is -0.137. The lowest BCUT2D eigenvalue weighted by Crippen LogP contribution is -2.51. The Morgan fingerprint density at radius 3 is 2.59 bits per heavy atom. The van der Waals surface area contributed by atoms with Crippen molar-refractivity contribution in [3.05, 3.63) is 24.2 Å². The summed E-state index contributed by atoms with van der Waals surface area (Å²) in [6, 6.07) is 3.29. The lowest BCUT2D eigenvalue weighted by Gasteiger charge is -2.34. The smallest absolute Gasteiger partial charge is 0.325 e. The van der Waals surface area contributed by atoms with E-state index < -0.39 is 6.03 Å². The average Bonchev–Trinajstić information content (AvgIpc) is 3.13. The van der Waals surface area contributed by atoms with Gasteiger partial charge in [0.05, 0.1) is 19.4 Å². The van der Waals surface area contributed by atoms with E-state index in [2.05, 4.69) is 10.2 Å². The van der Waals surface area contributed by atoms with Gasteiger partial charge in [-0.15, -0.1) is 0 Å². The van der Waals surface area contributed by atoms with Crippen LogP contribution in [0.15, 0.2) is 22.8 Å². The first kappa shape index (κ1) is 14.6. The molecule has 1 N–H and O–H groups in total. The predicted octanol–water partition coefficient (Wildman–Crippen LogP) is -0.524. The summed E-state index contributed by atoms with van der Waals surface area (Å²) in [7, 11) is 0. The van der Waals surface area contributed by atoms with Crippen LogP contribution in [0.2, 0.25) is 0 Å². The van der Waals surface area contributed by atoms with E-state index in [1.54, 1.807) is 11.2 Å². The Morgan fingerprint density at radius 1 is 1.23 bits per heavy atom. The van der Waals surface area contributed by atoms with Crippen molar-refractivity contribution in [2.45, 2.75) is 6.54 Å². The van der Waals surface area contributed by atoms with Crippen LogP contribution in [0.3, 0.4) is 0 Å². The second kappa shape index (κ2) is 6.18. The largest absolute Gasteiger partial charge is 0.468 e. The molecule has 2 saturated heterocycles. The van der Waals surface area contributed by atoms with Gasteiger partial charge in [-0.05, 0) is 12.1 Å². The van der Waals surface area contributed by atoms with Crippen LogP contribution in [-0.2, 0) is 16.1 Å². The number of urea groups is 1. The van der Waals surface area contributed by atoms with Gasteiger partial charge in [0.1, 0.15) is 12.3 Å². The van der Waals surface area contributed by atoms with Crippen LogP contribution in [0.1, 0.15) is 5.76 Å². The van der Waals surface area contributed by atoms with E-state index in [-0.39, 0.29) is 24.9 Å². The minimum atomic E-state index is -0.491. The number of hydrogen-bond acceptors (Lipinski definition) is 5. The van der Waals surface area contributed by atoms with Gasteiger partial charge in [-0.2, -0.15) is 0 Å². The minimum absolute atomic E-state index is 0.0248. The molecule has 0 radical (unpaired) electrons. The van der Waals surface area contributed by atoms with Gasteiger partial charge in [-0.3, -0.25) is 19.4 Å². The van der Waals surface area contributed by atoms with Crippen molar-refractivity contribution in [3.63, 3.8) is 0 Å². The maximum Gasteiger partial charge on any atom is 0.325 e. The zero-order valence-electron chi connectivity index (χ0n) is 12.2. The molecule has 1 aromatic rings. The summed E-state index contributed by atoms with van der Waals surface area (Å²) in [6.07, 6.45) is 1.65. The highest BCUT2D eigenvalue weighted by atomic mass is 16.3. The van der Waals surface area contributed by atoms with Crippen molar-refractivity contribution in [2.75, 3.05) is 39.3 Å². The van der Waals surface area contributed by atoms with Crippen LogP contribution in [0, 0.1) is 0 Å². The number of imide groups is 1. The second-order valence-corrected chi connectivity index (χ2v) is 5.37. The minimum Gasteiger partial charge on any atom is -0.468 e. The Kier molecular flexibility index (Phi) is 4.10. The number of hydrogen-bond donors (Lipinski definition) is 1. The summed E-state index contributed by atoms with van der Waals surface area (Å²) in [5, 5.41) is 2.41. The number of nitrogens with zero attached hydrogens (tertiary/aromatic N) is 3. The highest BCUT2D eigenvalue weighted by Gasteiger charge is 2.32. The highest BCUT2D eigenvalue weighted by Crippen LogP contribution is 2.10. The standard InChI is InChI=1S/C14H18N4O4/c19-12-8-15-14(21)18(12)10-13(20)17-5-3-16(4-6-17)9-11-2-1-7-22-11/h1-2,7H,3-6,8-10H2,(H,15,21). The van der Waals surface area contributed by atoms with Gasteiger partial charge in [0.25, 0.3) is 5.91 Å². The average molecular weight is 306 g/mol. The Hall–Kier alpha value is -2.35. The van der Waals surface area contributed by atoms with Crippen LogP contribution >= 0.6 is 0 Å². The maximum absolute atomic E-state index is 12.2. The molecule has 0 unspecified atom stereocenters. The number of carbonyl (C=O) groups is 3. The summed E-state index contributed by atoms with van der Waals surface area (Å²) >= 11 is 0. The van der Waals surface area contributed by atoms with E-state index in [0.717, 1.165) is 30.3 Å². The molecule has 3 rings (SSSR count). The van der Waals surface area contributed by atoms with Crippen LogP contribution in [-0.4, -0.2) is 71.8 Å². The fourth-order valence-electron chi connectivity index (χ4n) is 2.63. The molecule has 4 amide bonds. The molecule has 2 fully saturated rings. The first-order valence-electron chi connectivity index (χ1n) is 7.24. The molecule has 0 aromatic carbocycles. The van der Waals surface area contributed by atoms with Gasteiger partial charge in [-0.25, -0.2) is 4.79 Å². The molecule has 8 heteroatoms. The molecule has 0 saturated carbocycles. The molecule has 22 heavy (non-hydrogen) atoms. The van der Waals surface area contributed by atoms with Crippen LogP contribution in [0.4, 0.5) is 4.79 Å². The van der Waals surface area contributed by atoms with Crippen molar-refractivity contribution < 1.29 is 18.8 Å². The Bertz CT molecular complexity index is 547. The monoisotopic (exact) mass is 306 g/mol. The third-order valence-electron chi connectivity index (χ3n) is 3.91. The molecule has 0 aliphatic carbocycles. The Balaban J connectivity index is 1.47. The van der Waals surface area contributed by atoms with E-state index in [1.165, 1.54) is 0 Å². The zero-order chi connectivity index (χ0) is 15.5. The molecule has 2 aliphatic heterocycles. The Morgan fingerprint density at radius 2 is 2.00 bits per heavy atom. The quantitative estimate of drug-likeness (QED) is 0.756. The van der Waals surface area contributed by atoms with Gasteiger partial charge in [0.2, 0.25) is 5.91 Å². The number of nitrogens with one attached hydrogen (secondary N) is 1. The van der Waals surface area contributed by atoms with Gasteiger partial charge >= 0.3 is 6.03 Å². The highest BCUT2D eigenvalue weighted by molar-refractivity contribution is 6.04. The SMILES string of the molecule is O=C(CN1C(=O)CNC1=O)N1CCN(Cc2ccco2)CC1. The zero-order valence-corrected chi connectivity index (χ0v) is 12.2. The number of piperazine rings is 1. The summed E-state index contributed by atoms with van der Waals surface area (Å²) in [6.45, 7) is 3.18. The lowest BCUT2D eigenvalue weighted by atomic mass is 10.3. The van der Waals surface area contributed by atoms with Gasteiger partial charge in [0, 0.05) is 26.2 Å². The number of rotatable bonds is 4. The topological polar surface area (TPSA) is 86.1 Å². The molecule has 0 spiro atoms. The summed E-state index contributed by atoms with van der Waals surface area (Å²) in [5.41, 5.74) is 0. The predicted molar refractivity (Wildman–Crippen MR) is 75.7 cm³/mol. The fourth-order valence-corrected chi connectivity index (χ4v) is 2.63. The normalized spacial score (nSPS) is 19.6. The van der Waals surface area contributed by atoms with E-state index >= 15 is 0 Å². The first-order valence-corrected chi connectivity index (χ1v) is 7.24. The molecule has 0 atom stereocenters. The third kappa shape index (κ3) is 3.11. The van der Waals surface area contributed by atoms with E-state index in [1.807, 2.05) is 12.1 Å². The maximum atomic E-state index is 12.2. The molecule has 118 valence electrons. The molecule has 0 bridgehead atoms. The van der Waals surface area contributed by atoms with Crippen LogP contribution < -0.4 is 5.32 Å². The van der Waals surface area contributed by atoms with Crippen LogP contribution in [0.25, 0.3) is 0 Å². The van der Waals surface area contributed by atoms with Gasteiger partial charge in [-0.1, -0.05) is 0 Å². The fraction of sp³-hybridized carbons (Fsp3) is 0.500. The van der Waals surface area contributed by atoms with Crippen molar-refractivity contribution in [2.24, 2.45) is 0 Å². The number of carbonyl (C=O) groups excluding carboxylic acids is 3. The van der Waals surface area contributed by atoms with Gasteiger partial charge < -0.3 is 14.6 Å². The van der Waals surface area contributed by atoms with E-state index in [4.69, 9.17) is 4.42 Å². The van der Waals surface area contributed by atoms with Gasteiger partial charge in [0.15, 0.2) is 0 Å². The molecule has 3 heterocycles. The van der Waals surface area contributed by atoms with Crippen LogP contribution in [0.5, 0.6) is 0 Å². The second-order valence-electron chi connectivity index (χ2n) is 5.37. The summed E-state index contributed by atoms with van der Waals surface area (Å²) in [5.74, 6) is 0.358. The summed E-state index contributed by atoms with van der Waals surface area (Å²) in [4.78, 5) is 40.0. The number of amides is 4. The summed E-state index contributed by atoms with van der Waals surface area (Å²) < 4.78 is 5.31. The van der Waals surface area contributed by atoms with Crippen molar-refractivity contribution in [3.8, 4) is 0 Å². The molecular formula is C14H18N4O4. The Labute approximate surface area is 127 Å². The molecule has 8 nitrogen and oxygen atoms in total.